The number of benzene rings is 2. The third-order valence-electron chi connectivity index (χ3n) is 4.14. The van der Waals surface area contributed by atoms with Crippen LogP contribution in [0.4, 0.5) is 0 Å². The Morgan fingerprint density at radius 3 is 2.46 bits per heavy atom. The molecule has 1 saturated heterocycles. The van der Waals surface area contributed by atoms with E-state index in [4.69, 9.17) is 9.47 Å². The van der Waals surface area contributed by atoms with Gasteiger partial charge in [0.1, 0.15) is 0 Å². The second kappa shape index (κ2) is 9.36. The van der Waals surface area contributed by atoms with E-state index in [1.807, 2.05) is 18.2 Å². The van der Waals surface area contributed by atoms with Crippen molar-refractivity contribution >= 4 is 19.4 Å². The van der Waals surface area contributed by atoms with E-state index >= 15 is 0 Å². The van der Waals surface area contributed by atoms with E-state index in [-0.39, 0.29) is 18.8 Å². The van der Waals surface area contributed by atoms with Gasteiger partial charge >= 0.3 is 150 Å². The average Bonchev–Trinajstić information content (AvgIpc) is 2.99. The van der Waals surface area contributed by atoms with Gasteiger partial charge in [-0.15, -0.1) is 0 Å². The zero-order valence-electron chi connectivity index (χ0n) is 13.7. The summed E-state index contributed by atoms with van der Waals surface area (Å²) in [4.78, 5) is 0.511. The van der Waals surface area contributed by atoms with E-state index in [9.17, 15) is 5.11 Å². The summed E-state index contributed by atoms with van der Waals surface area (Å²) in [7, 11) is 0. The molecule has 0 bridgehead atoms. The molecule has 1 fully saturated rings. The van der Waals surface area contributed by atoms with Crippen molar-refractivity contribution in [3.05, 3.63) is 66.2 Å². The summed E-state index contributed by atoms with van der Waals surface area (Å²) in [5, 5.41) is 9.32. The summed E-state index contributed by atoms with van der Waals surface area (Å²) in [6.45, 7) is 1.43. The Hall–Kier alpha value is -1.16. The number of aliphatic hydroxyl groups excluding tert-OH is 1. The SMILES string of the molecule is OCC[C@@H]1O[C@H](COCc2ccccc2)C[C@@H]1[Se]c1ccccc1. The van der Waals surface area contributed by atoms with Crippen LogP contribution in [-0.4, -0.2) is 45.5 Å². The Bertz CT molecular complexity index is 590. The normalized spacial score (nSPS) is 23.5. The molecule has 3 atom stereocenters. The molecule has 2 aromatic rings. The number of hydrogen-bond acceptors (Lipinski definition) is 3. The van der Waals surface area contributed by atoms with Gasteiger partial charge in [0.2, 0.25) is 0 Å². The van der Waals surface area contributed by atoms with E-state index in [2.05, 4.69) is 42.5 Å². The third-order valence-corrected chi connectivity index (χ3v) is 6.95. The molecule has 0 aliphatic carbocycles. The summed E-state index contributed by atoms with van der Waals surface area (Å²) in [5.41, 5.74) is 1.19. The minimum absolute atomic E-state index is 0.140. The molecule has 1 aliphatic heterocycles. The Morgan fingerprint density at radius 2 is 1.75 bits per heavy atom. The molecule has 0 spiro atoms. The molecule has 3 nitrogen and oxygen atoms in total. The molecule has 24 heavy (non-hydrogen) atoms. The van der Waals surface area contributed by atoms with Gasteiger partial charge in [-0.25, -0.2) is 0 Å². The fraction of sp³-hybridized carbons (Fsp3) is 0.400. The molecule has 4 heteroatoms. The molecule has 0 amide bonds. The Kier molecular flexibility index (Phi) is 6.88. The number of ether oxygens (including phenoxy) is 2. The fourth-order valence-corrected chi connectivity index (χ4v) is 5.75. The summed E-state index contributed by atoms with van der Waals surface area (Å²) in [6, 6.07) is 20.8. The monoisotopic (exact) mass is 392 g/mol. The summed E-state index contributed by atoms with van der Waals surface area (Å²) < 4.78 is 13.4. The first-order valence-electron chi connectivity index (χ1n) is 8.45. The van der Waals surface area contributed by atoms with Crippen molar-refractivity contribution in [2.24, 2.45) is 0 Å². The van der Waals surface area contributed by atoms with Crippen LogP contribution in [0.5, 0.6) is 0 Å². The van der Waals surface area contributed by atoms with Crippen molar-refractivity contribution in [2.45, 2.75) is 36.5 Å². The third kappa shape index (κ3) is 5.17. The zero-order valence-corrected chi connectivity index (χ0v) is 15.4. The van der Waals surface area contributed by atoms with Gasteiger partial charge < -0.3 is 0 Å². The second-order valence-electron chi connectivity index (χ2n) is 6.01. The van der Waals surface area contributed by atoms with Crippen LogP contribution >= 0.6 is 0 Å². The second-order valence-corrected chi connectivity index (χ2v) is 8.77. The van der Waals surface area contributed by atoms with Gasteiger partial charge in [-0.05, 0) is 0 Å². The van der Waals surface area contributed by atoms with E-state index in [1.165, 1.54) is 10.0 Å². The molecular formula is C20H24O3Se. The molecule has 0 radical (unpaired) electrons. The van der Waals surface area contributed by atoms with Crippen molar-refractivity contribution < 1.29 is 14.6 Å². The van der Waals surface area contributed by atoms with E-state index in [0.29, 0.717) is 39.4 Å². The van der Waals surface area contributed by atoms with Crippen LogP contribution in [-0.2, 0) is 16.1 Å². The van der Waals surface area contributed by atoms with Crippen LogP contribution < -0.4 is 4.46 Å². The Morgan fingerprint density at radius 1 is 1.04 bits per heavy atom. The molecule has 1 heterocycles. The van der Waals surface area contributed by atoms with Crippen molar-refractivity contribution in [1.82, 2.24) is 0 Å². The number of rotatable bonds is 8. The predicted molar refractivity (Wildman–Crippen MR) is 96.7 cm³/mol. The number of aliphatic hydroxyl groups is 1. The van der Waals surface area contributed by atoms with E-state index in [1.54, 1.807) is 0 Å². The molecule has 0 saturated carbocycles. The number of hydrogen-bond donors (Lipinski definition) is 1. The van der Waals surface area contributed by atoms with Gasteiger partial charge in [-0.2, -0.15) is 0 Å². The van der Waals surface area contributed by atoms with Crippen molar-refractivity contribution in [3.63, 3.8) is 0 Å². The van der Waals surface area contributed by atoms with Crippen molar-refractivity contribution in [2.75, 3.05) is 13.2 Å². The first-order chi connectivity index (χ1) is 11.8. The Balaban J connectivity index is 1.50. The predicted octanol–water partition coefficient (Wildman–Crippen LogP) is 2.56. The van der Waals surface area contributed by atoms with Crippen LogP contribution in [0.1, 0.15) is 18.4 Å². The molecule has 1 aliphatic rings. The van der Waals surface area contributed by atoms with Gasteiger partial charge in [0.25, 0.3) is 0 Å². The van der Waals surface area contributed by atoms with Crippen LogP contribution in [0, 0.1) is 0 Å². The average molecular weight is 391 g/mol. The first-order valence-corrected chi connectivity index (χ1v) is 10.3. The van der Waals surface area contributed by atoms with Gasteiger partial charge in [0, 0.05) is 0 Å². The fourth-order valence-electron chi connectivity index (χ4n) is 2.97. The van der Waals surface area contributed by atoms with Crippen LogP contribution in [0.2, 0.25) is 4.82 Å². The maximum atomic E-state index is 9.32. The van der Waals surface area contributed by atoms with Gasteiger partial charge in [-0.1, -0.05) is 0 Å². The van der Waals surface area contributed by atoms with Gasteiger partial charge in [-0.3, -0.25) is 0 Å². The summed E-state index contributed by atoms with van der Waals surface area (Å²) in [5.74, 6) is 0. The summed E-state index contributed by atoms with van der Waals surface area (Å²) in [6.07, 6.45) is 2.03. The quantitative estimate of drug-likeness (QED) is 0.703. The van der Waals surface area contributed by atoms with Crippen LogP contribution in [0.3, 0.4) is 0 Å². The first kappa shape index (κ1) is 17.7. The van der Waals surface area contributed by atoms with Gasteiger partial charge in [0.05, 0.1) is 0 Å². The minimum atomic E-state index is 0.140. The standard InChI is InChI=1S/C20H24O3Se/c21-12-11-19-20(24-18-9-5-2-6-10-18)13-17(23-19)15-22-14-16-7-3-1-4-8-16/h1-10,17,19-21H,11-15H2/t17-,19-,20-/m0/s1. The van der Waals surface area contributed by atoms with Crippen molar-refractivity contribution in [3.8, 4) is 0 Å². The molecule has 128 valence electrons. The van der Waals surface area contributed by atoms with Crippen LogP contribution in [0.15, 0.2) is 60.7 Å². The molecule has 2 aromatic carbocycles. The van der Waals surface area contributed by atoms with Gasteiger partial charge in [0.15, 0.2) is 0 Å². The summed E-state index contributed by atoms with van der Waals surface area (Å²) >= 11 is 0.370. The van der Waals surface area contributed by atoms with Crippen molar-refractivity contribution in [1.29, 1.82) is 0 Å². The maximum absolute atomic E-state index is 9.32. The topological polar surface area (TPSA) is 38.7 Å². The molecular weight excluding hydrogens is 367 g/mol. The molecule has 3 rings (SSSR count). The van der Waals surface area contributed by atoms with E-state index < -0.39 is 0 Å². The van der Waals surface area contributed by atoms with E-state index in [0.717, 1.165) is 6.42 Å². The molecule has 0 unspecified atom stereocenters. The van der Waals surface area contributed by atoms with Crippen LogP contribution in [0.25, 0.3) is 0 Å². The molecule has 1 N–H and O–H groups in total. The molecule has 0 aromatic heterocycles. The zero-order chi connectivity index (χ0) is 16.6. The Labute approximate surface area is 150 Å².